The minimum Gasteiger partial charge on any atom is -0.353 e. The van der Waals surface area contributed by atoms with Crippen LogP contribution in [0.25, 0.3) is 0 Å². The van der Waals surface area contributed by atoms with E-state index in [2.05, 4.69) is 12.2 Å². The standard InChI is InChI=1S/C16H26F3NO/c1-2-11-7-9-12(10-8-11)20-15(21)13-5-3-4-6-14(13)16(17,18)19/h11-14H,2-10H2,1H3,(H,20,21)/t11?,12?,13-,14-/m1/s1. The van der Waals surface area contributed by atoms with Crippen molar-refractivity contribution in [1.82, 2.24) is 5.32 Å². The van der Waals surface area contributed by atoms with Gasteiger partial charge in [-0.2, -0.15) is 13.2 Å². The second-order valence-electron chi connectivity index (χ2n) is 6.67. The van der Waals surface area contributed by atoms with Crippen molar-refractivity contribution in [1.29, 1.82) is 0 Å². The summed E-state index contributed by atoms with van der Waals surface area (Å²) in [5.74, 6) is -1.96. The highest BCUT2D eigenvalue weighted by atomic mass is 19.4. The summed E-state index contributed by atoms with van der Waals surface area (Å²) in [6.45, 7) is 2.17. The Bertz CT molecular complexity index is 348. The maximum atomic E-state index is 13.0. The molecule has 2 aliphatic carbocycles. The van der Waals surface area contributed by atoms with Gasteiger partial charge < -0.3 is 5.32 Å². The highest BCUT2D eigenvalue weighted by Crippen LogP contribution is 2.41. The van der Waals surface area contributed by atoms with E-state index in [0.29, 0.717) is 12.8 Å². The summed E-state index contributed by atoms with van der Waals surface area (Å²) in [5.41, 5.74) is 0. The van der Waals surface area contributed by atoms with Crippen LogP contribution >= 0.6 is 0 Å². The number of carbonyl (C=O) groups excluding carboxylic acids is 1. The van der Waals surface area contributed by atoms with Crippen LogP contribution in [-0.2, 0) is 4.79 Å². The lowest BCUT2D eigenvalue weighted by molar-refractivity contribution is -0.198. The molecule has 2 rings (SSSR count). The zero-order valence-corrected chi connectivity index (χ0v) is 12.7. The van der Waals surface area contributed by atoms with E-state index in [-0.39, 0.29) is 18.4 Å². The zero-order valence-electron chi connectivity index (χ0n) is 12.7. The number of carbonyl (C=O) groups is 1. The Balaban J connectivity index is 1.89. The molecule has 0 aromatic rings. The van der Waals surface area contributed by atoms with Crippen LogP contribution in [0.3, 0.4) is 0 Å². The molecular formula is C16H26F3NO. The van der Waals surface area contributed by atoms with Crippen molar-refractivity contribution in [2.24, 2.45) is 17.8 Å². The fraction of sp³-hybridized carbons (Fsp3) is 0.938. The molecule has 0 radical (unpaired) electrons. The van der Waals surface area contributed by atoms with Crippen LogP contribution in [0.2, 0.25) is 0 Å². The van der Waals surface area contributed by atoms with Crippen molar-refractivity contribution in [3.63, 3.8) is 0 Å². The molecule has 5 heteroatoms. The molecule has 2 saturated carbocycles. The smallest absolute Gasteiger partial charge is 0.353 e. The summed E-state index contributed by atoms with van der Waals surface area (Å²) in [6, 6.07) is 0.0797. The Kier molecular flexibility index (Phi) is 5.55. The van der Waals surface area contributed by atoms with E-state index in [1.165, 1.54) is 0 Å². The van der Waals surface area contributed by atoms with Crippen molar-refractivity contribution in [2.45, 2.75) is 76.9 Å². The van der Waals surface area contributed by atoms with Gasteiger partial charge in [-0.15, -0.1) is 0 Å². The van der Waals surface area contributed by atoms with Crippen molar-refractivity contribution in [3.05, 3.63) is 0 Å². The number of nitrogens with one attached hydrogen (secondary N) is 1. The second-order valence-corrected chi connectivity index (χ2v) is 6.67. The summed E-state index contributed by atoms with van der Waals surface area (Å²) in [5, 5.41) is 2.90. The fourth-order valence-corrected chi connectivity index (χ4v) is 3.86. The molecule has 1 amide bonds. The minimum atomic E-state index is -4.25. The normalized spacial score (nSPS) is 34.5. The van der Waals surface area contributed by atoms with Gasteiger partial charge in [0.15, 0.2) is 0 Å². The van der Waals surface area contributed by atoms with Crippen LogP contribution in [-0.4, -0.2) is 18.1 Å². The topological polar surface area (TPSA) is 29.1 Å². The van der Waals surface area contributed by atoms with E-state index in [0.717, 1.165) is 44.4 Å². The fourth-order valence-electron chi connectivity index (χ4n) is 3.86. The summed E-state index contributed by atoms with van der Waals surface area (Å²) in [4.78, 5) is 12.3. The van der Waals surface area contributed by atoms with Gasteiger partial charge in [0.05, 0.1) is 5.92 Å². The molecule has 2 fully saturated rings. The monoisotopic (exact) mass is 305 g/mol. The van der Waals surface area contributed by atoms with Gasteiger partial charge in [0.1, 0.15) is 0 Å². The number of hydrogen-bond donors (Lipinski definition) is 1. The van der Waals surface area contributed by atoms with Crippen LogP contribution in [0.5, 0.6) is 0 Å². The molecular weight excluding hydrogens is 279 g/mol. The predicted molar refractivity (Wildman–Crippen MR) is 75.7 cm³/mol. The van der Waals surface area contributed by atoms with E-state index in [1.54, 1.807) is 0 Å². The Morgan fingerprint density at radius 1 is 1.05 bits per heavy atom. The maximum Gasteiger partial charge on any atom is 0.392 e. The summed E-state index contributed by atoms with van der Waals surface area (Å²) < 4.78 is 39.1. The largest absolute Gasteiger partial charge is 0.392 e. The van der Waals surface area contributed by atoms with Crippen LogP contribution in [0.4, 0.5) is 13.2 Å². The predicted octanol–water partition coefficient (Wildman–Crippen LogP) is 4.44. The molecule has 0 saturated heterocycles. The first-order chi connectivity index (χ1) is 9.91. The molecule has 0 aromatic carbocycles. The Labute approximate surface area is 124 Å². The molecule has 0 heterocycles. The van der Waals surface area contributed by atoms with Crippen LogP contribution < -0.4 is 5.32 Å². The maximum absolute atomic E-state index is 13.0. The van der Waals surface area contributed by atoms with E-state index >= 15 is 0 Å². The van der Waals surface area contributed by atoms with E-state index < -0.39 is 18.0 Å². The second kappa shape index (κ2) is 7.01. The lowest BCUT2D eigenvalue weighted by Gasteiger charge is -2.34. The number of alkyl halides is 3. The van der Waals surface area contributed by atoms with Gasteiger partial charge in [-0.05, 0) is 44.4 Å². The zero-order chi connectivity index (χ0) is 15.5. The summed E-state index contributed by atoms with van der Waals surface area (Å²) in [7, 11) is 0. The molecule has 0 bridgehead atoms. The number of rotatable bonds is 3. The number of hydrogen-bond acceptors (Lipinski definition) is 1. The molecule has 2 atom stereocenters. The minimum absolute atomic E-state index is 0.0797. The van der Waals surface area contributed by atoms with E-state index in [4.69, 9.17) is 0 Å². The molecule has 0 unspecified atom stereocenters. The van der Waals surface area contributed by atoms with Gasteiger partial charge in [0, 0.05) is 12.0 Å². The van der Waals surface area contributed by atoms with Crippen LogP contribution in [0.1, 0.15) is 64.7 Å². The highest BCUT2D eigenvalue weighted by Gasteiger charge is 2.48. The first-order valence-corrected chi connectivity index (χ1v) is 8.29. The molecule has 1 N–H and O–H groups in total. The van der Waals surface area contributed by atoms with E-state index in [1.807, 2.05) is 0 Å². The van der Waals surface area contributed by atoms with Crippen LogP contribution in [0.15, 0.2) is 0 Å². The SMILES string of the molecule is CCC1CCC(NC(=O)[C@@H]2CCCC[C@H]2C(F)(F)F)CC1. The average molecular weight is 305 g/mol. The van der Waals surface area contributed by atoms with Crippen molar-refractivity contribution >= 4 is 5.91 Å². The highest BCUT2D eigenvalue weighted by molar-refractivity contribution is 5.79. The quantitative estimate of drug-likeness (QED) is 0.820. The van der Waals surface area contributed by atoms with Gasteiger partial charge in [0.25, 0.3) is 0 Å². The summed E-state index contributed by atoms with van der Waals surface area (Å²) in [6.07, 6.45) is 2.67. The third-order valence-corrected chi connectivity index (χ3v) is 5.29. The molecule has 122 valence electrons. The van der Waals surface area contributed by atoms with Crippen LogP contribution in [0, 0.1) is 17.8 Å². The Morgan fingerprint density at radius 2 is 1.67 bits per heavy atom. The Hall–Kier alpha value is -0.740. The van der Waals surface area contributed by atoms with Gasteiger partial charge >= 0.3 is 6.18 Å². The Morgan fingerprint density at radius 3 is 2.24 bits per heavy atom. The number of halogens is 3. The van der Waals surface area contributed by atoms with Crippen molar-refractivity contribution < 1.29 is 18.0 Å². The lowest BCUT2D eigenvalue weighted by Crippen LogP contribution is -2.46. The van der Waals surface area contributed by atoms with Crippen molar-refractivity contribution in [2.75, 3.05) is 0 Å². The summed E-state index contributed by atoms with van der Waals surface area (Å²) >= 11 is 0. The van der Waals surface area contributed by atoms with Gasteiger partial charge in [-0.3, -0.25) is 4.79 Å². The lowest BCUT2D eigenvalue weighted by atomic mass is 9.77. The molecule has 0 aromatic heterocycles. The molecule has 21 heavy (non-hydrogen) atoms. The third-order valence-electron chi connectivity index (χ3n) is 5.29. The van der Waals surface area contributed by atoms with Crippen molar-refractivity contribution in [3.8, 4) is 0 Å². The third kappa shape index (κ3) is 4.36. The first-order valence-electron chi connectivity index (χ1n) is 8.29. The molecule has 2 nitrogen and oxygen atoms in total. The van der Waals surface area contributed by atoms with Gasteiger partial charge in [-0.1, -0.05) is 26.2 Å². The molecule has 0 aliphatic heterocycles. The van der Waals surface area contributed by atoms with Gasteiger partial charge in [-0.25, -0.2) is 0 Å². The van der Waals surface area contributed by atoms with Gasteiger partial charge in [0.2, 0.25) is 5.91 Å². The molecule has 2 aliphatic rings. The molecule has 0 spiro atoms. The number of amides is 1. The first kappa shape index (κ1) is 16.6. The van der Waals surface area contributed by atoms with E-state index in [9.17, 15) is 18.0 Å². The average Bonchev–Trinajstić information content (AvgIpc) is 2.47.